The van der Waals surface area contributed by atoms with Crippen LogP contribution in [0, 0.1) is 11.3 Å². The predicted molar refractivity (Wildman–Crippen MR) is 69.1 cm³/mol. The molecule has 4 heteroatoms. The van der Waals surface area contributed by atoms with E-state index in [0.29, 0.717) is 11.3 Å². The van der Waals surface area contributed by atoms with Crippen molar-refractivity contribution in [2.24, 2.45) is 22.2 Å². The van der Waals surface area contributed by atoms with Crippen molar-refractivity contribution in [1.82, 2.24) is 4.90 Å². The highest BCUT2D eigenvalue weighted by Gasteiger charge is 2.44. The van der Waals surface area contributed by atoms with Gasteiger partial charge in [-0.15, -0.1) is 0 Å². The van der Waals surface area contributed by atoms with E-state index in [-0.39, 0.29) is 0 Å². The first-order valence-corrected chi connectivity index (χ1v) is 6.82. The summed E-state index contributed by atoms with van der Waals surface area (Å²) in [5.74, 6) is 1.27. The largest absolute Gasteiger partial charge is 0.409 e. The first kappa shape index (κ1) is 12.7. The van der Waals surface area contributed by atoms with E-state index in [4.69, 9.17) is 10.9 Å². The van der Waals surface area contributed by atoms with Crippen LogP contribution in [0.1, 0.15) is 45.4 Å². The van der Waals surface area contributed by atoms with Crippen LogP contribution in [0.4, 0.5) is 0 Å². The van der Waals surface area contributed by atoms with E-state index in [0.717, 1.165) is 18.9 Å². The maximum absolute atomic E-state index is 8.66. The monoisotopic (exact) mass is 239 g/mol. The summed E-state index contributed by atoms with van der Waals surface area (Å²) in [5.41, 5.74) is 5.96. The van der Waals surface area contributed by atoms with Gasteiger partial charge in [-0.05, 0) is 56.5 Å². The fraction of sp³-hybridized carbons (Fsp3) is 0.923. The summed E-state index contributed by atoms with van der Waals surface area (Å²) < 4.78 is 0. The molecule has 1 saturated carbocycles. The molecule has 0 spiro atoms. The van der Waals surface area contributed by atoms with Crippen LogP contribution in [-0.2, 0) is 0 Å². The Kier molecular flexibility index (Phi) is 3.92. The Morgan fingerprint density at radius 3 is 2.82 bits per heavy atom. The lowest BCUT2D eigenvalue weighted by Gasteiger charge is -2.25. The van der Waals surface area contributed by atoms with Gasteiger partial charge in [0.25, 0.3) is 0 Å². The minimum absolute atomic E-state index is 0.323. The minimum Gasteiger partial charge on any atom is -0.409 e. The molecule has 2 rings (SSSR count). The SMILES string of the molecule is CC1CCCN(CC2(CC(N)=NO)CC2)CC1. The number of hydrogen-bond acceptors (Lipinski definition) is 3. The molecule has 0 amide bonds. The van der Waals surface area contributed by atoms with Crippen LogP contribution in [0.2, 0.25) is 0 Å². The van der Waals surface area contributed by atoms with Crippen molar-refractivity contribution in [2.45, 2.75) is 45.4 Å². The molecule has 1 aliphatic carbocycles. The first-order valence-electron chi connectivity index (χ1n) is 6.82. The summed E-state index contributed by atoms with van der Waals surface area (Å²) in [6.45, 7) is 5.93. The maximum Gasteiger partial charge on any atom is 0.139 e. The van der Waals surface area contributed by atoms with Gasteiger partial charge in [0, 0.05) is 13.0 Å². The van der Waals surface area contributed by atoms with Gasteiger partial charge >= 0.3 is 0 Å². The molecule has 0 aromatic carbocycles. The van der Waals surface area contributed by atoms with Gasteiger partial charge in [-0.3, -0.25) is 0 Å². The highest BCUT2D eigenvalue weighted by atomic mass is 16.4. The zero-order valence-corrected chi connectivity index (χ0v) is 10.9. The van der Waals surface area contributed by atoms with Crippen molar-refractivity contribution < 1.29 is 5.21 Å². The van der Waals surface area contributed by atoms with Crippen LogP contribution in [-0.4, -0.2) is 35.6 Å². The molecule has 2 aliphatic rings. The third-order valence-corrected chi connectivity index (χ3v) is 4.31. The Morgan fingerprint density at radius 1 is 1.41 bits per heavy atom. The Bertz CT molecular complexity index is 286. The highest BCUT2D eigenvalue weighted by Crippen LogP contribution is 2.49. The molecular formula is C13H25N3O. The topological polar surface area (TPSA) is 61.8 Å². The molecule has 1 heterocycles. The number of amidine groups is 1. The van der Waals surface area contributed by atoms with Crippen LogP contribution >= 0.6 is 0 Å². The normalized spacial score (nSPS) is 29.9. The Labute approximate surface area is 104 Å². The fourth-order valence-electron chi connectivity index (χ4n) is 2.94. The van der Waals surface area contributed by atoms with Crippen LogP contribution < -0.4 is 5.73 Å². The van der Waals surface area contributed by atoms with Gasteiger partial charge < -0.3 is 15.8 Å². The number of nitrogens with two attached hydrogens (primary N) is 1. The lowest BCUT2D eigenvalue weighted by Crippen LogP contribution is -2.33. The molecule has 3 N–H and O–H groups in total. The second-order valence-electron chi connectivity index (χ2n) is 6.08. The standard InChI is InChI=1S/C13H25N3O/c1-11-3-2-7-16(8-4-11)10-13(5-6-13)9-12(14)15-17/h11,17H,2-10H2,1H3,(H2,14,15). The Balaban J connectivity index is 1.83. The molecule has 0 radical (unpaired) electrons. The van der Waals surface area contributed by atoms with E-state index in [1.807, 2.05) is 0 Å². The quantitative estimate of drug-likeness (QED) is 0.341. The molecule has 2 fully saturated rings. The molecule has 0 bridgehead atoms. The molecule has 1 unspecified atom stereocenters. The molecular weight excluding hydrogens is 214 g/mol. The van der Waals surface area contributed by atoms with Gasteiger partial charge in [-0.1, -0.05) is 12.1 Å². The van der Waals surface area contributed by atoms with Gasteiger partial charge in [0.05, 0.1) is 0 Å². The highest BCUT2D eigenvalue weighted by molar-refractivity contribution is 5.80. The van der Waals surface area contributed by atoms with E-state index < -0.39 is 0 Å². The molecule has 1 atom stereocenters. The maximum atomic E-state index is 8.66. The van der Waals surface area contributed by atoms with E-state index in [1.165, 1.54) is 45.2 Å². The molecule has 0 aromatic rings. The summed E-state index contributed by atoms with van der Waals surface area (Å²) in [5, 5.41) is 11.8. The van der Waals surface area contributed by atoms with E-state index in [9.17, 15) is 0 Å². The average molecular weight is 239 g/mol. The zero-order valence-electron chi connectivity index (χ0n) is 10.9. The Morgan fingerprint density at radius 2 is 2.18 bits per heavy atom. The summed E-state index contributed by atoms with van der Waals surface area (Å²) in [6.07, 6.45) is 7.23. The minimum atomic E-state index is 0.323. The van der Waals surface area contributed by atoms with Crippen molar-refractivity contribution in [2.75, 3.05) is 19.6 Å². The lowest BCUT2D eigenvalue weighted by atomic mass is 10.0. The number of hydrogen-bond donors (Lipinski definition) is 2. The van der Waals surface area contributed by atoms with E-state index >= 15 is 0 Å². The fourth-order valence-corrected chi connectivity index (χ4v) is 2.94. The van der Waals surface area contributed by atoms with Gasteiger partial charge in [0.15, 0.2) is 0 Å². The second kappa shape index (κ2) is 5.25. The summed E-state index contributed by atoms with van der Waals surface area (Å²) in [7, 11) is 0. The van der Waals surface area contributed by atoms with Gasteiger partial charge in [0.2, 0.25) is 0 Å². The molecule has 98 valence electrons. The van der Waals surface area contributed by atoms with Crippen molar-refractivity contribution in [3.05, 3.63) is 0 Å². The average Bonchev–Trinajstić information content (AvgIpc) is 3.07. The predicted octanol–water partition coefficient (Wildman–Crippen LogP) is 2.03. The van der Waals surface area contributed by atoms with Crippen molar-refractivity contribution in [1.29, 1.82) is 0 Å². The smallest absolute Gasteiger partial charge is 0.139 e. The Hall–Kier alpha value is -0.770. The second-order valence-corrected chi connectivity index (χ2v) is 6.08. The van der Waals surface area contributed by atoms with Crippen molar-refractivity contribution in [3.8, 4) is 0 Å². The van der Waals surface area contributed by atoms with Gasteiger partial charge in [0.1, 0.15) is 5.84 Å². The van der Waals surface area contributed by atoms with Gasteiger partial charge in [-0.25, -0.2) is 0 Å². The number of likely N-dealkylation sites (tertiary alicyclic amines) is 1. The van der Waals surface area contributed by atoms with Gasteiger partial charge in [-0.2, -0.15) is 0 Å². The summed E-state index contributed by atoms with van der Waals surface area (Å²) in [6, 6.07) is 0. The summed E-state index contributed by atoms with van der Waals surface area (Å²) in [4.78, 5) is 2.58. The zero-order chi connectivity index (χ0) is 12.3. The molecule has 0 aromatic heterocycles. The van der Waals surface area contributed by atoms with Crippen LogP contribution in [0.5, 0.6) is 0 Å². The third kappa shape index (κ3) is 3.60. The van der Waals surface area contributed by atoms with Crippen molar-refractivity contribution >= 4 is 5.84 Å². The first-order chi connectivity index (χ1) is 8.13. The van der Waals surface area contributed by atoms with Crippen LogP contribution in [0.15, 0.2) is 5.16 Å². The van der Waals surface area contributed by atoms with Crippen LogP contribution in [0.3, 0.4) is 0 Å². The molecule has 17 heavy (non-hydrogen) atoms. The van der Waals surface area contributed by atoms with E-state index in [1.54, 1.807) is 0 Å². The third-order valence-electron chi connectivity index (χ3n) is 4.31. The number of rotatable bonds is 4. The van der Waals surface area contributed by atoms with Crippen LogP contribution in [0.25, 0.3) is 0 Å². The summed E-state index contributed by atoms with van der Waals surface area (Å²) >= 11 is 0. The van der Waals surface area contributed by atoms with E-state index in [2.05, 4.69) is 17.0 Å². The lowest BCUT2D eigenvalue weighted by molar-refractivity contribution is 0.226. The number of oxime groups is 1. The molecule has 1 saturated heterocycles. The molecule has 4 nitrogen and oxygen atoms in total. The molecule has 1 aliphatic heterocycles. The number of nitrogens with zero attached hydrogens (tertiary/aromatic N) is 2. The van der Waals surface area contributed by atoms with Crippen molar-refractivity contribution in [3.63, 3.8) is 0 Å².